The summed E-state index contributed by atoms with van der Waals surface area (Å²) in [5, 5.41) is 0.583. The van der Waals surface area contributed by atoms with Crippen LogP contribution in [0.25, 0.3) is 0 Å². The van der Waals surface area contributed by atoms with Crippen molar-refractivity contribution in [3.05, 3.63) is 28.8 Å². The lowest BCUT2D eigenvalue weighted by Gasteiger charge is -2.14. The van der Waals surface area contributed by atoms with E-state index < -0.39 is 5.97 Å². The standard InChI is InChI=1S/C13H18ClNO3/c1-8(2)18-13(16)7-17-12-5-4-10(14)6-11(12)9(3)15/h4-6,8-9H,7,15H2,1-3H3/t9-/m1/s1. The van der Waals surface area contributed by atoms with Gasteiger partial charge in [0.1, 0.15) is 5.75 Å². The predicted octanol–water partition coefficient (Wildman–Crippen LogP) is 2.69. The summed E-state index contributed by atoms with van der Waals surface area (Å²) in [4.78, 5) is 11.4. The van der Waals surface area contributed by atoms with Gasteiger partial charge in [-0.3, -0.25) is 0 Å². The average molecular weight is 272 g/mol. The third-order valence-corrected chi connectivity index (χ3v) is 2.41. The molecule has 100 valence electrons. The minimum atomic E-state index is -0.407. The Morgan fingerprint density at radius 1 is 1.39 bits per heavy atom. The van der Waals surface area contributed by atoms with Gasteiger partial charge in [0.15, 0.2) is 6.61 Å². The molecule has 0 saturated carbocycles. The van der Waals surface area contributed by atoms with E-state index in [9.17, 15) is 4.79 Å². The summed E-state index contributed by atoms with van der Waals surface area (Å²) in [5.74, 6) is 0.144. The third kappa shape index (κ3) is 4.55. The van der Waals surface area contributed by atoms with Gasteiger partial charge in [0.2, 0.25) is 0 Å². The Kier molecular flexibility index (Phi) is 5.44. The number of carbonyl (C=O) groups excluding carboxylic acids is 1. The van der Waals surface area contributed by atoms with Gasteiger partial charge in [-0.2, -0.15) is 0 Å². The molecular weight excluding hydrogens is 254 g/mol. The van der Waals surface area contributed by atoms with E-state index >= 15 is 0 Å². The summed E-state index contributed by atoms with van der Waals surface area (Å²) in [5.41, 5.74) is 6.58. The molecule has 4 nitrogen and oxygen atoms in total. The van der Waals surface area contributed by atoms with E-state index in [0.29, 0.717) is 10.8 Å². The maximum absolute atomic E-state index is 11.4. The van der Waals surface area contributed by atoms with Crippen molar-refractivity contribution in [3.8, 4) is 5.75 Å². The second-order valence-electron chi connectivity index (χ2n) is 4.30. The molecule has 0 aromatic heterocycles. The van der Waals surface area contributed by atoms with Crippen LogP contribution in [-0.4, -0.2) is 18.7 Å². The first kappa shape index (κ1) is 14.8. The fraction of sp³-hybridized carbons (Fsp3) is 0.462. The number of benzene rings is 1. The van der Waals surface area contributed by atoms with Crippen molar-refractivity contribution in [1.29, 1.82) is 0 Å². The monoisotopic (exact) mass is 271 g/mol. The lowest BCUT2D eigenvalue weighted by Crippen LogP contribution is -2.19. The van der Waals surface area contributed by atoms with Gasteiger partial charge in [-0.05, 0) is 39.0 Å². The van der Waals surface area contributed by atoms with Gasteiger partial charge < -0.3 is 15.2 Å². The van der Waals surface area contributed by atoms with Gasteiger partial charge >= 0.3 is 5.97 Å². The number of nitrogens with two attached hydrogens (primary N) is 1. The molecule has 0 unspecified atom stereocenters. The number of carbonyl (C=O) groups is 1. The molecule has 1 rings (SSSR count). The summed E-state index contributed by atoms with van der Waals surface area (Å²) in [6, 6.07) is 4.90. The molecule has 0 aliphatic rings. The largest absolute Gasteiger partial charge is 0.482 e. The maximum atomic E-state index is 11.4. The molecule has 5 heteroatoms. The number of rotatable bonds is 5. The third-order valence-electron chi connectivity index (χ3n) is 2.18. The molecule has 0 bridgehead atoms. The van der Waals surface area contributed by atoms with Crippen LogP contribution in [0.1, 0.15) is 32.4 Å². The van der Waals surface area contributed by atoms with Crippen molar-refractivity contribution < 1.29 is 14.3 Å². The van der Waals surface area contributed by atoms with Crippen LogP contribution in [0, 0.1) is 0 Å². The van der Waals surface area contributed by atoms with Crippen molar-refractivity contribution >= 4 is 17.6 Å². The van der Waals surface area contributed by atoms with Gasteiger partial charge in [-0.15, -0.1) is 0 Å². The van der Waals surface area contributed by atoms with Crippen molar-refractivity contribution in [2.75, 3.05) is 6.61 Å². The molecule has 0 fully saturated rings. The highest BCUT2D eigenvalue weighted by Crippen LogP contribution is 2.27. The minimum absolute atomic E-state index is 0.139. The van der Waals surface area contributed by atoms with Crippen LogP contribution in [0.2, 0.25) is 5.02 Å². The molecule has 0 amide bonds. The van der Waals surface area contributed by atoms with E-state index in [1.165, 1.54) is 0 Å². The highest BCUT2D eigenvalue weighted by atomic mass is 35.5. The Balaban J connectivity index is 2.70. The van der Waals surface area contributed by atoms with E-state index in [1.54, 1.807) is 32.0 Å². The quantitative estimate of drug-likeness (QED) is 0.837. The predicted molar refractivity (Wildman–Crippen MR) is 70.8 cm³/mol. The van der Waals surface area contributed by atoms with Crippen LogP contribution in [-0.2, 0) is 9.53 Å². The zero-order valence-corrected chi connectivity index (χ0v) is 11.5. The smallest absolute Gasteiger partial charge is 0.344 e. The topological polar surface area (TPSA) is 61.5 Å². The maximum Gasteiger partial charge on any atom is 0.344 e. The van der Waals surface area contributed by atoms with E-state index in [0.717, 1.165) is 5.56 Å². The minimum Gasteiger partial charge on any atom is -0.482 e. The highest BCUT2D eigenvalue weighted by molar-refractivity contribution is 6.30. The van der Waals surface area contributed by atoms with Crippen LogP contribution in [0.5, 0.6) is 5.75 Å². The number of hydrogen-bond acceptors (Lipinski definition) is 4. The molecule has 0 aliphatic heterocycles. The fourth-order valence-corrected chi connectivity index (χ4v) is 1.62. The summed E-state index contributed by atoms with van der Waals surface area (Å²) in [6.45, 7) is 5.26. The number of esters is 1. The van der Waals surface area contributed by atoms with E-state index in [2.05, 4.69) is 0 Å². The van der Waals surface area contributed by atoms with Gasteiger partial charge in [0, 0.05) is 16.6 Å². The van der Waals surface area contributed by atoms with Crippen LogP contribution < -0.4 is 10.5 Å². The molecule has 18 heavy (non-hydrogen) atoms. The highest BCUT2D eigenvalue weighted by Gasteiger charge is 2.12. The first-order chi connectivity index (χ1) is 8.40. The second kappa shape index (κ2) is 6.61. The Morgan fingerprint density at radius 3 is 2.61 bits per heavy atom. The van der Waals surface area contributed by atoms with Crippen molar-refractivity contribution in [2.24, 2.45) is 5.73 Å². The fourth-order valence-electron chi connectivity index (χ4n) is 1.44. The average Bonchev–Trinajstić information content (AvgIpc) is 2.26. The Hall–Kier alpha value is -1.26. The lowest BCUT2D eigenvalue weighted by atomic mass is 10.1. The summed E-state index contributed by atoms with van der Waals surface area (Å²) >= 11 is 5.89. The van der Waals surface area contributed by atoms with Crippen molar-refractivity contribution in [3.63, 3.8) is 0 Å². The molecule has 0 radical (unpaired) electrons. The van der Waals surface area contributed by atoms with Gasteiger partial charge in [-0.25, -0.2) is 4.79 Å². The van der Waals surface area contributed by atoms with Crippen molar-refractivity contribution in [2.45, 2.75) is 32.9 Å². The van der Waals surface area contributed by atoms with E-state index in [-0.39, 0.29) is 18.8 Å². The first-order valence-corrected chi connectivity index (χ1v) is 6.15. The van der Waals surface area contributed by atoms with Crippen LogP contribution in [0.15, 0.2) is 18.2 Å². The van der Waals surface area contributed by atoms with Crippen LogP contribution >= 0.6 is 11.6 Å². The molecule has 2 N–H and O–H groups in total. The van der Waals surface area contributed by atoms with E-state index in [1.807, 2.05) is 6.92 Å². The Labute approximate surface area is 112 Å². The second-order valence-corrected chi connectivity index (χ2v) is 4.73. The summed E-state index contributed by atoms with van der Waals surface area (Å²) in [7, 11) is 0. The molecule has 1 aromatic carbocycles. The van der Waals surface area contributed by atoms with Crippen LogP contribution in [0.4, 0.5) is 0 Å². The van der Waals surface area contributed by atoms with Crippen molar-refractivity contribution in [1.82, 2.24) is 0 Å². The SMILES string of the molecule is CC(C)OC(=O)COc1ccc(Cl)cc1[C@@H](C)N. The molecule has 0 heterocycles. The number of hydrogen-bond donors (Lipinski definition) is 1. The molecule has 0 aliphatic carbocycles. The lowest BCUT2D eigenvalue weighted by molar-refractivity contribution is -0.149. The van der Waals surface area contributed by atoms with Crippen LogP contribution in [0.3, 0.4) is 0 Å². The first-order valence-electron chi connectivity index (χ1n) is 5.77. The Bertz CT molecular complexity index is 419. The summed E-state index contributed by atoms with van der Waals surface area (Å²) < 4.78 is 10.4. The molecule has 1 atom stereocenters. The van der Waals surface area contributed by atoms with Gasteiger partial charge in [0.25, 0.3) is 0 Å². The Morgan fingerprint density at radius 2 is 2.06 bits per heavy atom. The molecule has 0 saturated heterocycles. The van der Waals surface area contributed by atoms with Gasteiger partial charge in [-0.1, -0.05) is 11.6 Å². The normalized spacial score (nSPS) is 12.3. The number of ether oxygens (including phenoxy) is 2. The molecular formula is C13H18ClNO3. The molecule has 0 spiro atoms. The van der Waals surface area contributed by atoms with Gasteiger partial charge in [0.05, 0.1) is 6.10 Å². The summed E-state index contributed by atoms with van der Waals surface area (Å²) in [6.07, 6.45) is -0.153. The van der Waals surface area contributed by atoms with E-state index in [4.69, 9.17) is 26.8 Å². The zero-order valence-electron chi connectivity index (χ0n) is 10.8. The molecule has 1 aromatic rings. The number of halogens is 1. The zero-order chi connectivity index (χ0) is 13.7.